The molecule has 2 atom stereocenters. The average molecular weight is 271 g/mol. The number of nitrogens with one attached hydrogen (secondary N) is 1. The maximum atomic E-state index is 4.42. The lowest BCUT2D eigenvalue weighted by Gasteiger charge is -2.19. The van der Waals surface area contributed by atoms with Crippen LogP contribution in [0.5, 0.6) is 0 Å². The van der Waals surface area contributed by atoms with Gasteiger partial charge in [0, 0.05) is 6.04 Å². The summed E-state index contributed by atoms with van der Waals surface area (Å²) in [7, 11) is 0. The summed E-state index contributed by atoms with van der Waals surface area (Å²) in [4.78, 5) is 8.35. The molecular weight excluding hydrogens is 250 g/mol. The van der Waals surface area contributed by atoms with E-state index in [-0.39, 0.29) is 0 Å². The summed E-state index contributed by atoms with van der Waals surface area (Å²) in [6, 6.07) is 4.55. The molecule has 20 heavy (non-hydrogen) atoms. The smallest absolute Gasteiger partial charge is 0.155 e. The van der Waals surface area contributed by atoms with E-state index in [1.807, 2.05) is 12.3 Å². The number of hydrogen-bond donors (Lipinski definition) is 1. The maximum Gasteiger partial charge on any atom is 0.155 e. The lowest BCUT2D eigenvalue weighted by Crippen LogP contribution is -2.22. The zero-order chi connectivity index (χ0) is 14.2. The number of anilines is 1. The van der Waals surface area contributed by atoms with Gasteiger partial charge in [-0.1, -0.05) is 20.8 Å². The van der Waals surface area contributed by atoms with Gasteiger partial charge in [-0.3, -0.25) is 0 Å². The lowest BCUT2D eigenvalue weighted by atomic mass is 9.91. The molecule has 2 aromatic rings. The molecule has 106 valence electrons. The molecule has 0 spiro atoms. The first-order chi connectivity index (χ1) is 9.53. The number of rotatable bonds is 3. The van der Waals surface area contributed by atoms with Gasteiger partial charge in [0.2, 0.25) is 0 Å². The minimum atomic E-state index is 0.436. The van der Waals surface area contributed by atoms with Gasteiger partial charge in [0.15, 0.2) is 5.82 Å². The summed E-state index contributed by atoms with van der Waals surface area (Å²) >= 11 is 0. The lowest BCUT2D eigenvalue weighted by molar-refractivity contribution is 0.366. The Bertz CT molecular complexity index is 558. The molecule has 0 bridgehead atoms. The molecule has 1 aliphatic carbocycles. The summed E-state index contributed by atoms with van der Waals surface area (Å²) in [5, 5.41) is 7.68. The quantitative estimate of drug-likeness (QED) is 0.932. The van der Waals surface area contributed by atoms with Crippen LogP contribution < -0.4 is 5.32 Å². The van der Waals surface area contributed by atoms with Crippen LogP contribution in [0.25, 0.3) is 5.82 Å². The van der Waals surface area contributed by atoms with Crippen molar-refractivity contribution in [2.24, 2.45) is 11.3 Å². The minimum Gasteiger partial charge on any atom is -0.381 e. The topological polar surface area (TPSA) is 55.6 Å². The second-order valence-electron chi connectivity index (χ2n) is 6.55. The van der Waals surface area contributed by atoms with Crippen LogP contribution in [-0.2, 0) is 0 Å². The Kier molecular flexibility index (Phi) is 3.20. The molecule has 0 radical (unpaired) electrons. The maximum absolute atomic E-state index is 4.42. The van der Waals surface area contributed by atoms with Crippen molar-refractivity contribution in [2.75, 3.05) is 5.32 Å². The second kappa shape index (κ2) is 4.89. The van der Waals surface area contributed by atoms with Gasteiger partial charge in [-0.25, -0.2) is 14.6 Å². The van der Waals surface area contributed by atoms with E-state index in [9.17, 15) is 0 Å². The van der Waals surface area contributed by atoms with E-state index in [0.29, 0.717) is 17.4 Å². The predicted molar refractivity (Wildman–Crippen MR) is 78.7 cm³/mol. The Morgan fingerprint density at radius 1 is 1.30 bits per heavy atom. The monoisotopic (exact) mass is 271 g/mol. The third-order valence-corrected chi connectivity index (χ3v) is 4.09. The van der Waals surface area contributed by atoms with Crippen LogP contribution >= 0.6 is 0 Å². The summed E-state index contributed by atoms with van der Waals surface area (Å²) < 4.78 is 1.66. The zero-order valence-electron chi connectivity index (χ0n) is 12.2. The summed E-state index contributed by atoms with van der Waals surface area (Å²) in [5.74, 6) is 1.48. The van der Waals surface area contributed by atoms with Crippen molar-refractivity contribution in [3.63, 3.8) is 0 Å². The summed E-state index contributed by atoms with van der Waals surface area (Å²) in [6.45, 7) is 7.01. The highest BCUT2D eigenvalue weighted by atomic mass is 15.3. The van der Waals surface area contributed by atoms with Crippen molar-refractivity contribution < 1.29 is 0 Å². The van der Waals surface area contributed by atoms with E-state index in [2.05, 4.69) is 47.2 Å². The fraction of sp³-hybridized carbons (Fsp3) is 0.533. The highest BCUT2D eigenvalue weighted by Crippen LogP contribution is 2.41. The van der Waals surface area contributed by atoms with Gasteiger partial charge < -0.3 is 5.32 Å². The first-order valence-corrected chi connectivity index (χ1v) is 7.11. The molecule has 5 heteroatoms. The SMILES string of the molecule is CC1CC(C)(C)CC1Nc1ccc(-n2cncn2)nc1. The molecule has 3 rings (SSSR count). The van der Waals surface area contributed by atoms with Gasteiger partial charge in [-0.2, -0.15) is 5.10 Å². The van der Waals surface area contributed by atoms with Gasteiger partial charge >= 0.3 is 0 Å². The Hall–Kier alpha value is -1.91. The molecule has 1 fully saturated rings. The normalized spacial score (nSPS) is 24.8. The van der Waals surface area contributed by atoms with Crippen molar-refractivity contribution in [2.45, 2.75) is 39.7 Å². The molecule has 0 aliphatic heterocycles. The number of aromatic nitrogens is 4. The van der Waals surface area contributed by atoms with Gasteiger partial charge in [0.05, 0.1) is 11.9 Å². The minimum absolute atomic E-state index is 0.436. The number of nitrogens with zero attached hydrogens (tertiary/aromatic N) is 4. The fourth-order valence-electron chi connectivity index (χ4n) is 3.23. The highest BCUT2D eigenvalue weighted by molar-refractivity contribution is 5.44. The molecule has 1 saturated carbocycles. The molecule has 1 N–H and O–H groups in total. The molecule has 0 saturated heterocycles. The molecule has 2 heterocycles. The molecular formula is C15H21N5. The molecule has 0 amide bonds. The van der Waals surface area contributed by atoms with Crippen molar-refractivity contribution in [1.82, 2.24) is 19.7 Å². The van der Waals surface area contributed by atoms with E-state index in [1.54, 1.807) is 11.0 Å². The van der Waals surface area contributed by atoms with E-state index in [4.69, 9.17) is 0 Å². The van der Waals surface area contributed by atoms with Crippen LogP contribution in [0.4, 0.5) is 5.69 Å². The van der Waals surface area contributed by atoms with Crippen LogP contribution in [0.2, 0.25) is 0 Å². The summed E-state index contributed by atoms with van der Waals surface area (Å²) in [6.07, 6.45) is 7.51. The van der Waals surface area contributed by atoms with Crippen LogP contribution in [0.1, 0.15) is 33.6 Å². The van der Waals surface area contributed by atoms with Crippen molar-refractivity contribution >= 4 is 5.69 Å². The van der Waals surface area contributed by atoms with Gasteiger partial charge in [0.25, 0.3) is 0 Å². The van der Waals surface area contributed by atoms with Gasteiger partial charge in [0.1, 0.15) is 12.7 Å². The van der Waals surface area contributed by atoms with Crippen molar-refractivity contribution in [1.29, 1.82) is 0 Å². The predicted octanol–water partition coefficient (Wildman–Crippen LogP) is 2.90. The van der Waals surface area contributed by atoms with Crippen molar-refractivity contribution in [3.8, 4) is 5.82 Å². The summed E-state index contributed by atoms with van der Waals surface area (Å²) in [5.41, 5.74) is 1.51. The molecule has 0 aromatic carbocycles. The van der Waals surface area contributed by atoms with E-state index >= 15 is 0 Å². The van der Waals surface area contributed by atoms with E-state index in [1.165, 1.54) is 19.2 Å². The first-order valence-electron chi connectivity index (χ1n) is 7.11. The third kappa shape index (κ3) is 2.66. The largest absolute Gasteiger partial charge is 0.381 e. The Balaban J connectivity index is 1.70. The van der Waals surface area contributed by atoms with E-state index < -0.39 is 0 Å². The van der Waals surface area contributed by atoms with Crippen LogP contribution in [-0.4, -0.2) is 25.8 Å². The van der Waals surface area contributed by atoms with Crippen LogP contribution in [0, 0.1) is 11.3 Å². The number of pyridine rings is 1. The van der Waals surface area contributed by atoms with Crippen LogP contribution in [0.3, 0.4) is 0 Å². The zero-order valence-corrected chi connectivity index (χ0v) is 12.2. The molecule has 2 aromatic heterocycles. The average Bonchev–Trinajstić information content (AvgIpc) is 2.99. The number of hydrogen-bond acceptors (Lipinski definition) is 4. The van der Waals surface area contributed by atoms with Gasteiger partial charge in [-0.15, -0.1) is 0 Å². The Morgan fingerprint density at radius 3 is 2.70 bits per heavy atom. The Labute approximate surface area is 119 Å². The molecule has 2 unspecified atom stereocenters. The Morgan fingerprint density at radius 2 is 2.15 bits per heavy atom. The molecule has 1 aliphatic rings. The highest BCUT2D eigenvalue weighted by Gasteiger charge is 2.36. The first kappa shape index (κ1) is 13.1. The van der Waals surface area contributed by atoms with Crippen molar-refractivity contribution in [3.05, 3.63) is 31.0 Å². The second-order valence-corrected chi connectivity index (χ2v) is 6.55. The standard InChI is InChI=1S/C15H21N5/c1-11-6-15(2,3)7-13(11)19-12-4-5-14(17-8-12)20-10-16-9-18-20/h4-5,8-11,13,19H,6-7H2,1-3H3. The molecule has 5 nitrogen and oxygen atoms in total. The van der Waals surface area contributed by atoms with Gasteiger partial charge in [-0.05, 0) is 36.3 Å². The fourth-order valence-corrected chi connectivity index (χ4v) is 3.23. The third-order valence-electron chi connectivity index (χ3n) is 4.09. The van der Waals surface area contributed by atoms with E-state index in [0.717, 1.165) is 11.5 Å². The van der Waals surface area contributed by atoms with Crippen LogP contribution in [0.15, 0.2) is 31.0 Å².